The van der Waals surface area contributed by atoms with E-state index in [9.17, 15) is 0 Å². The third-order valence-corrected chi connectivity index (χ3v) is 3.48. The highest BCUT2D eigenvalue weighted by Gasteiger charge is 2.32. The molecule has 3 atom stereocenters. The molecular weight excluding hydrogens is 120 g/mol. The normalized spacial score (nSPS) is 47.1. The Kier molecular flexibility index (Phi) is 1.71. The van der Waals surface area contributed by atoms with E-state index in [0.717, 1.165) is 17.8 Å². The number of rotatable bonds is 0. The zero-order valence-electron chi connectivity index (χ0n) is 6.97. The average molecular weight is 138 g/mol. The summed E-state index contributed by atoms with van der Waals surface area (Å²) < 4.78 is 0. The SMILES string of the molecule is CC1C[C@H]2CCCC[C@H]2C1. The lowest BCUT2D eigenvalue weighted by molar-refractivity contribution is 0.277. The minimum absolute atomic E-state index is 1.05. The number of fused-ring (bicyclic) bond motifs is 1. The smallest absolute Gasteiger partial charge is 0.0383 e. The highest BCUT2D eigenvalue weighted by Crippen LogP contribution is 2.44. The van der Waals surface area contributed by atoms with E-state index in [1.807, 2.05) is 0 Å². The Bertz CT molecular complexity index is 103. The quantitative estimate of drug-likeness (QED) is 0.482. The molecule has 0 heteroatoms. The van der Waals surface area contributed by atoms with Gasteiger partial charge in [0.1, 0.15) is 0 Å². The average Bonchev–Trinajstić information content (AvgIpc) is 2.27. The van der Waals surface area contributed by atoms with E-state index in [2.05, 4.69) is 6.92 Å². The molecule has 10 heavy (non-hydrogen) atoms. The van der Waals surface area contributed by atoms with Gasteiger partial charge in [-0.05, 0) is 30.6 Å². The molecule has 0 aromatic heterocycles. The van der Waals surface area contributed by atoms with Crippen molar-refractivity contribution in [3.05, 3.63) is 0 Å². The maximum Gasteiger partial charge on any atom is -0.0383 e. The van der Waals surface area contributed by atoms with Crippen LogP contribution in [0.15, 0.2) is 0 Å². The van der Waals surface area contributed by atoms with Crippen molar-refractivity contribution < 1.29 is 0 Å². The van der Waals surface area contributed by atoms with Crippen molar-refractivity contribution in [1.29, 1.82) is 0 Å². The Balaban J connectivity index is 1.97. The van der Waals surface area contributed by atoms with Crippen molar-refractivity contribution in [3.8, 4) is 0 Å². The zero-order chi connectivity index (χ0) is 6.97. The summed E-state index contributed by atoms with van der Waals surface area (Å²) in [7, 11) is 0. The molecule has 0 spiro atoms. The molecule has 0 nitrogen and oxygen atoms in total. The first-order chi connectivity index (χ1) is 4.86. The minimum atomic E-state index is 1.05. The second-order valence-corrected chi connectivity index (χ2v) is 4.38. The van der Waals surface area contributed by atoms with Crippen molar-refractivity contribution >= 4 is 0 Å². The molecule has 2 aliphatic carbocycles. The lowest BCUT2D eigenvalue weighted by Gasteiger charge is -2.24. The Hall–Kier alpha value is 0. The number of hydrogen-bond acceptors (Lipinski definition) is 0. The molecule has 2 fully saturated rings. The van der Waals surface area contributed by atoms with E-state index >= 15 is 0 Å². The van der Waals surface area contributed by atoms with Crippen LogP contribution in [0.5, 0.6) is 0 Å². The van der Waals surface area contributed by atoms with Crippen molar-refractivity contribution in [2.24, 2.45) is 17.8 Å². The van der Waals surface area contributed by atoms with Crippen molar-refractivity contribution in [2.45, 2.75) is 45.4 Å². The first kappa shape index (κ1) is 6.69. The Morgan fingerprint density at radius 2 is 1.40 bits per heavy atom. The molecule has 0 heterocycles. The van der Waals surface area contributed by atoms with Gasteiger partial charge in [0.15, 0.2) is 0 Å². The Labute approximate surface area is 64.0 Å². The molecule has 0 bridgehead atoms. The van der Waals surface area contributed by atoms with Crippen molar-refractivity contribution in [1.82, 2.24) is 0 Å². The van der Waals surface area contributed by atoms with Gasteiger partial charge < -0.3 is 0 Å². The van der Waals surface area contributed by atoms with Gasteiger partial charge >= 0.3 is 0 Å². The van der Waals surface area contributed by atoms with Crippen LogP contribution < -0.4 is 0 Å². The van der Waals surface area contributed by atoms with Gasteiger partial charge in [0.25, 0.3) is 0 Å². The maximum absolute atomic E-state index is 2.43. The van der Waals surface area contributed by atoms with Gasteiger partial charge in [0.05, 0.1) is 0 Å². The zero-order valence-corrected chi connectivity index (χ0v) is 6.97. The van der Waals surface area contributed by atoms with E-state index in [4.69, 9.17) is 0 Å². The highest BCUT2D eigenvalue weighted by atomic mass is 14.4. The fourth-order valence-electron chi connectivity index (χ4n) is 3.03. The summed E-state index contributed by atoms with van der Waals surface area (Å²) >= 11 is 0. The Morgan fingerprint density at radius 1 is 0.900 bits per heavy atom. The third-order valence-electron chi connectivity index (χ3n) is 3.48. The van der Waals surface area contributed by atoms with E-state index in [-0.39, 0.29) is 0 Å². The van der Waals surface area contributed by atoms with Gasteiger partial charge in [-0.1, -0.05) is 32.6 Å². The number of hydrogen-bond donors (Lipinski definition) is 0. The molecule has 0 aromatic rings. The first-order valence-corrected chi connectivity index (χ1v) is 4.86. The lowest BCUT2D eigenvalue weighted by atomic mass is 9.82. The van der Waals surface area contributed by atoms with Crippen LogP contribution in [-0.4, -0.2) is 0 Å². The predicted molar refractivity (Wildman–Crippen MR) is 43.8 cm³/mol. The highest BCUT2D eigenvalue weighted by molar-refractivity contribution is 4.84. The van der Waals surface area contributed by atoms with Crippen LogP contribution in [0.3, 0.4) is 0 Å². The second-order valence-electron chi connectivity index (χ2n) is 4.38. The summed E-state index contributed by atoms with van der Waals surface area (Å²) in [6.07, 6.45) is 9.24. The van der Waals surface area contributed by atoms with Gasteiger partial charge in [-0.25, -0.2) is 0 Å². The summed E-state index contributed by atoms with van der Waals surface area (Å²) in [5.74, 6) is 3.33. The summed E-state index contributed by atoms with van der Waals surface area (Å²) in [6, 6.07) is 0. The molecule has 0 aliphatic heterocycles. The minimum Gasteiger partial charge on any atom is -0.0625 e. The molecule has 0 aromatic carbocycles. The van der Waals surface area contributed by atoms with E-state index < -0.39 is 0 Å². The lowest BCUT2D eigenvalue weighted by Crippen LogP contribution is -2.12. The molecule has 2 aliphatic rings. The van der Waals surface area contributed by atoms with Gasteiger partial charge in [-0.3, -0.25) is 0 Å². The first-order valence-electron chi connectivity index (χ1n) is 4.86. The van der Waals surface area contributed by atoms with Crippen LogP contribution in [0.2, 0.25) is 0 Å². The molecule has 1 unspecified atom stereocenters. The molecule has 0 amide bonds. The Morgan fingerprint density at radius 3 is 1.90 bits per heavy atom. The van der Waals surface area contributed by atoms with E-state index in [1.54, 1.807) is 25.7 Å². The van der Waals surface area contributed by atoms with E-state index in [1.165, 1.54) is 12.8 Å². The van der Waals surface area contributed by atoms with Gasteiger partial charge in [0, 0.05) is 0 Å². The van der Waals surface area contributed by atoms with Crippen LogP contribution in [0, 0.1) is 17.8 Å². The summed E-state index contributed by atoms with van der Waals surface area (Å²) in [5.41, 5.74) is 0. The molecular formula is C10H18. The van der Waals surface area contributed by atoms with Gasteiger partial charge in [-0.15, -0.1) is 0 Å². The molecule has 0 N–H and O–H groups in total. The summed E-state index contributed by atoms with van der Waals surface area (Å²) in [5, 5.41) is 0. The van der Waals surface area contributed by atoms with Crippen LogP contribution in [0.1, 0.15) is 45.4 Å². The van der Waals surface area contributed by atoms with E-state index in [0.29, 0.717) is 0 Å². The van der Waals surface area contributed by atoms with Crippen molar-refractivity contribution in [2.75, 3.05) is 0 Å². The monoisotopic (exact) mass is 138 g/mol. The third kappa shape index (κ3) is 1.09. The van der Waals surface area contributed by atoms with Crippen LogP contribution in [0.25, 0.3) is 0 Å². The van der Waals surface area contributed by atoms with Crippen LogP contribution in [-0.2, 0) is 0 Å². The van der Waals surface area contributed by atoms with Crippen molar-refractivity contribution in [3.63, 3.8) is 0 Å². The van der Waals surface area contributed by atoms with Crippen LogP contribution >= 0.6 is 0 Å². The van der Waals surface area contributed by atoms with Gasteiger partial charge in [0.2, 0.25) is 0 Å². The topological polar surface area (TPSA) is 0 Å². The second kappa shape index (κ2) is 2.56. The summed E-state index contributed by atoms with van der Waals surface area (Å²) in [4.78, 5) is 0. The summed E-state index contributed by atoms with van der Waals surface area (Å²) in [6.45, 7) is 2.43. The van der Waals surface area contributed by atoms with Gasteiger partial charge in [-0.2, -0.15) is 0 Å². The fraction of sp³-hybridized carbons (Fsp3) is 1.00. The molecule has 2 rings (SSSR count). The standard InChI is InChI=1S/C10H18/c1-8-6-9-4-2-3-5-10(9)7-8/h8-10H,2-7H2,1H3/t8?,9-,10+. The maximum atomic E-state index is 2.43. The molecule has 2 saturated carbocycles. The predicted octanol–water partition coefficient (Wildman–Crippen LogP) is 3.22. The molecule has 58 valence electrons. The molecule has 0 saturated heterocycles. The fourth-order valence-corrected chi connectivity index (χ4v) is 3.03. The molecule has 0 radical (unpaired) electrons. The van der Waals surface area contributed by atoms with Crippen LogP contribution in [0.4, 0.5) is 0 Å². The largest absolute Gasteiger partial charge is 0.0625 e.